The number of carbonyl (C=O) groups is 1. The molecule has 1 aromatic carbocycles. The standard InChI is InChI=1S/C11H11BrO/c1-7-4-9(12)5-10(8-2-3-8)11(7)6-13/h4-6,8H,2-3H2,1H3. The molecule has 1 fully saturated rings. The Morgan fingerprint density at radius 1 is 1.46 bits per heavy atom. The quantitative estimate of drug-likeness (QED) is 0.722. The predicted octanol–water partition coefficient (Wildman–Crippen LogP) is 3.45. The van der Waals surface area contributed by atoms with Gasteiger partial charge >= 0.3 is 0 Å². The summed E-state index contributed by atoms with van der Waals surface area (Å²) in [4.78, 5) is 10.9. The fraction of sp³-hybridized carbons (Fsp3) is 0.364. The summed E-state index contributed by atoms with van der Waals surface area (Å²) in [5.74, 6) is 0.636. The maximum atomic E-state index is 10.9. The highest BCUT2D eigenvalue weighted by molar-refractivity contribution is 9.10. The van der Waals surface area contributed by atoms with Gasteiger partial charge in [-0.3, -0.25) is 4.79 Å². The summed E-state index contributed by atoms with van der Waals surface area (Å²) in [6, 6.07) is 4.07. The lowest BCUT2D eigenvalue weighted by Gasteiger charge is -2.07. The molecule has 0 radical (unpaired) electrons. The number of aldehydes is 1. The van der Waals surface area contributed by atoms with Crippen LogP contribution in [0.5, 0.6) is 0 Å². The predicted molar refractivity (Wildman–Crippen MR) is 56.2 cm³/mol. The van der Waals surface area contributed by atoms with Crippen LogP contribution < -0.4 is 0 Å². The van der Waals surface area contributed by atoms with Gasteiger partial charge in [0.15, 0.2) is 6.29 Å². The molecule has 1 aromatic rings. The lowest BCUT2D eigenvalue weighted by atomic mass is 10.00. The summed E-state index contributed by atoms with van der Waals surface area (Å²) in [5, 5.41) is 0. The van der Waals surface area contributed by atoms with Crippen molar-refractivity contribution in [1.82, 2.24) is 0 Å². The van der Waals surface area contributed by atoms with E-state index in [-0.39, 0.29) is 0 Å². The lowest BCUT2D eigenvalue weighted by molar-refractivity contribution is 0.112. The zero-order chi connectivity index (χ0) is 9.42. The van der Waals surface area contributed by atoms with Gasteiger partial charge in [0, 0.05) is 10.0 Å². The smallest absolute Gasteiger partial charge is 0.150 e. The van der Waals surface area contributed by atoms with E-state index >= 15 is 0 Å². The zero-order valence-corrected chi connectivity index (χ0v) is 9.10. The van der Waals surface area contributed by atoms with Crippen molar-refractivity contribution in [2.75, 3.05) is 0 Å². The molecule has 1 nitrogen and oxygen atoms in total. The molecule has 0 spiro atoms. The Balaban J connectivity index is 2.56. The van der Waals surface area contributed by atoms with Crippen LogP contribution in [0, 0.1) is 6.92 Å². The number of aryl methyl sites for hydroxylation is 1. The van der Waals surface area contributed by atoms with Crippen LogP contribution >= 0.6 is 15.9 Å². The van der Waals surface area contributed by atoms with Crippen LogP contribution in [0.3, 0.4) is 0 Å². The minimum atomic E-state index is 0.636. The average Bonchev–Trinajstić information content (AvgIpc) is 2.85. The van der Waals surface area contributed by atoms with Gasteiger partial charge in [-0.1, -0.05) is 15.9 Å². The van der Waals surface area contributed by atoms with Crippen LogP contribution in [0.25, 0.3) is 0 Å². The first-order valence-electron chi connectivity index (χ1n) is 4.47. The number of benzene rings is 1. The largest absolute Gasteiger partial charge is 0.298 e. The number of rotatable bonds is 2. The second-order valence-corrected chi connectivity index (χ2v) is 4.53. The number of halogens is 1. The van der Waals surface area contributed by atoms with E-state index in [0.717, 1.165) is 21.9 Å². The molecule has 1 aliphatic rings. The molecule has 2 rings (SSSR count). The third-order valence-corrected chi connectivity index (χ3v) is 2.98. The summed E-state index contributed by atoms with van der Waals surface area (Å²) in [6.07, 6.45) is 3.45. The number of hydrogen-bond donors (Lipinski definition) is 0. The van der Waals surface area contributed by atoms with Gasteiger partial charge in [-0.25, -0.2) is 0 Å². The molecule has 0 aromatic heterocycles. The van der Waals surface area contributed by atoms with Crippen LogP contribution in [0.4, 0.5) is 0 Å². The Kier molecular flexibility index (Phi) is 2.24. The van der Waals surface area contributed by atoms with Crippen molar-refractivity contribution < 1.29 is 4.79 Å². The van der Waals surface area contributed by atoms with E-state index in [2.05, 4.69) is 22.0 Å². The average molecular weight is 239 g/mol. The maximum Gasteiger partial charge on any atom is 0.150 e. The topological polar surface area (TPSA) is 17.1 Å². The fourth-order valence-electron chi connectivity index (χ4n) is 1.67. The van der Waals surface area contributed by atoms with Crippen molar-refractivity contribution in [3.8, 4) is 0 Å². The van der Waals surface area contributed by atoms with Gasteiger partial charge in [0.1, 0.15) is 0 Å². The van der Waals surface area contributed by atoms with E-state index in [0.29, 0.717) is 5.92 Å². The molecule has 2 heteroatoms. The summed E-state index contributed by atoms with van der Waals surface area (Å²) in [7, 11) is 0. The number of carbonyl (C=O) groups excluding carboxylic acids is 1. The molecule has 0 heterocycles. The first-order valence-corrected chi connectivity index (χ1v) is 5.27. The van der Waals surface area contributed by atoms with Crippen LogP contribution in [0.15, 0.2) is 16.6 Å². The zero-order valence-electron chi connectivity index (χ0n) is 7.51. The summed E-state index contributed by atoms with van der Waals surface area (Å²) in [6.45, 7) is 1.99. The highest BCUT2D eigenvalue weighted by Crippen LogP contribution is 2.42. The van der Waals surface area contributed by atoms with Crippen molar-refractivity contribution in [1.29, 1.82) is 0 Å². The second kappa shape index (κ2) is 3.26. The Hall–Kier alpha value is -0.630. The summed E-state index contributed by atoms with van der Waals surface area (Å²) < 4.78 is 1.08. The Morgan fingerprint density at radius 3 is 2.69 bits per heavy atom. The van der Waals surface area contributed by atoms with Crippen molar-refractivity contribution in [3.63, 3.8) is 0 Å². The molecule has 0 N–H and O–H groups in total. The molecule has 68 valence electrons. The minimum absolute atomic E-state index is 0.636. The fourth-order valence-corrected chi connectivity index (χ4v) is 2.26. The van der Waals surface area contributed by atoms with E-state index in [1.165, 1.54) is 18.4 Å². The Bertz CT molecular complexity index is 353. The van der Waals surface area contributed by atoms with E-state index in [4.69, 9.17) is 0 Å². The van der Waals surface area contributed by atoms with Crippen molar-refractivity contribution in [2.24, 2.45) is 0 Å². The van der Waals surface area contributed by atoms with Crippen molar-refractivity contribution in [2.45, 2.75) is 25.7 Å². The summed E-state index contributed by atoms with van der Waals surface area (Å²) in [5.41, 5.74) is 3.19. The van der Waals surface area contributed by atoms with Gasteiger partial charge in [-0.2, -0.15) is 0 Å². The van der Waals surface area contributed by atoms with E-state index in [1.807, 2.05) is 13.0 Å². The van der Waals surface area contributed by atoms with Gasteiger partial charge < -0.3 is 0 Å². The van der Waals surface area contributed by atoms with E-state index < -0.39 is 0 Å². The third-order valence-electron chi connectivity index (χ3n) is 2.52. The molecule has 0 saturated heterocycles. The van der Waals surface area contributed by atoms with E-state index in [9.17, 15) is 4.79 Å². The monoisotopic (exact) mass is 238 g/mol. The van der Waals surface area contributed by atoms with Gasteiger partial charge in [0.05, 0.1) is 0 Å². The normalized spacial score (nSPS) is 15.8. The van der Waals surface area contributed by atoms with Crippen LogP contribution in [-0.4, -0.2) is 6.29 Å². The van der Waals surface area contributed by atoms with Crippen molar-refractivity contribution in [3.05, 3.63) is 33.3 Å². The molecule has 1 aliphatic carbocycles. The first kappa shape index (κ1) is 8.95. The molecule has 0 amide bonds. The SMILES string of the molecule is Cc1cc(Br)cc(C2CC2)c1C=O. The third kappa shape index (κ3) is 1.68. The molecule has 13 heavy (non-hydrogen) atoms. The highest BCUT2D eigenvalue weighted by Gasteiger charge is 2.26. The summed E-state index contributed by atoms with van der Waals surface area (Å²) >= 11 is 3.46. The Morgan fingerprint density at radius 2 is 2.15 bits per heavy atom. The molecular weight excluding hydrogens is 228 g/mol. The first-order chi connectivity index (χ1) is 6.22. The minimum Gasteiger partial charge on any atom is -0.298 e. The van der Waals surface area contributed by atoms with Crippen LogP contribution in [0.2, 0.25) is 0 Å². The van der Waals surface area contributed by atoms with Gasteiger partial charge in [0.2, 0.25) is 0 Å². The van der Waals surface area contributed by atoms with Crippen molar-refractivity contribution >= 4 is 22.2 Å². The van der Waals surface area contributed by atoms with Crippen LogP contribution in [-0.2, 0) is 0 Å². The molecule has 0 unspecified atom stereocenters. The van der Waals surface area contributed by atoms with Gasteiger partial charge in [0.25, 0.3) is 0 Å². The highest BCUT2D eigenvalue weighted by atomic mass is 79.9. The maximum absolute atomic E-state index is 10.9. The molecular formula is C11H11BrO. The van der Waals surface area contributed by atoms with Gasteiger partial charge in [-0.05, 0) is 48.9 Å². The molecule has 0 aliphatic heterocycles. The molecule has 0 bridgehead atoms. The second-order valence-electron chi connectivity index (χ2n) is 3.62. The number of hydrogen-bond acceptors (Lipinski definition) is 1. The van der Waals surface area contributed by atoms with Crippen LogP contribution in [0.1, 0.15) is 40.2 Å². The molecule has 1 saturated carbocycles. The Labute approximate surface area is 86.3 Å². The molecule has 0 atom stereocenters. The van der Waals surface area contributed by atoms with E-state index in [1.54, 1.807) is 0 Å². The van der Waals surface area contributed by atoms with Gasteiger partial charge in [-0.15, -0.1) is 0 Å². The lowest BCUT2D eigenvalue weighted by Crippen LogP contribution is -1.94.